The minimum Gasteiger partial charge on any atom is -0.493 e. The first kappa shape index (κ1) is 23.9. The smallest absolute Gasteiger partial charge is 0.311 e. The van der Waals surface area contributed by atoms with Gasteiger partial charge in [-0.05, 0) is 37.3 Å². The molecule has 3 amide bonds. The number of amides is 3. The van der Waals surface area contributed by atoms with Crippen LogP contribution >= 0.6 is 0 Å². The number of ether oxygens (including phenoxy) is 3. The molecule has 2 aromatic carbocycles. The van der Waals surface area contributed by atoms with Gasteiger partial charge in [-0.3, -0.25) is 35.3 Å². The van der Waals surface area contributed by atoms with Crippen molar-refractivity contribution in [1.29, 1.82) is 0 Å². The highest BCUT2D eigenvalue weighted by Gasteiger charge is 2.19. The minimum atomic E-state index is -0.715. The van der Waals surface area contributed by atoms with Crippen LogP contribution in [0.4, 0.5) is 5.69 Å². The van der Waals surface area contributed by atoms with E-state index in [1.165, 1.54) is 38.5 Å². The second kappa shape index (κ2) is 11.2. The van der Waals surface area contributed by atoms with Gasteiger partial charge in [-0.1, -0.05) is 0 Å². The minimum absolute atomic E-state index is 0.00192. The third-order valence-corrected chi connectivity index (χ3v) is 4.09. The SMILES string of the molecule is CCOc1ccc(C(=O)NNC(=O)CNC(=O)c2ccc(OC)c([N+](=O)[O-])c2)cc1OC. The predicted molar refractivity (Wildman–Crippen MR) is 112 cm³/mol. The third kappa shape index (κ3) is 6.08. The highest BCUT2D eigenvalue weighted by molar-refractivity contribution is 5.98. The molecule has 0 saturated heterocycles. The van der Waals surface area contributed by atoms with Gasteiger partial charge in [-0.25, -0.2) is 0 Å². The highest BCUT2D eigenvalue weighted by Crippen LogP contribution is 2.28. The maximum Gasteiger partial charge on any atom is 0.311 e. The van der Waals surface area contributed by atoms with Crippen LogP contribution in [0.15, 0.2) is 36.4 Å². The Kier molecular flexibility index (Phi) is 8.34. The lowest BCUT2D eigenvalue weighted by molar-refractivity contribution is -0.385. The van der Waals surface area contributed by atoms with Gasteiger partial charge >= 0.3 is 5.69 Å². The zero-order valence-electron chi connectivity index (χ0n) is 17.6. The lowest BCUT2D eigenvalue weighted by atomic mass is 10.1. The Labute approximate surface area is 183 Å². The number of nitro groups is 1. The van der Waals surface area contributed by atoms with E-state index in [1.807, 2.05) is 6.92 Å². The molecular formula is C20H22N4O8. The standard InChI is InChI=1S/C20H22N4O8/c1-4-32-16-8-6-13(10-17(16)31-3)20(27)23-22-18(25)11-21-19(26)12-5-7-15(30-2)14(9-12)24(28)29/h5-10H,4,11H2,1-3H3,(H,21,26)(H,22,25)(H,23,27). The van der Waals surface area contributed by atoms with Crippen molar-refractivity contribution in [3.05, 3.63) is 57.6 Å². The van der Waals surface area contributed by atoms with Crippen molar-refractivity contribution in [3.8, 4) is 17.2 Å². The van der Waals surface area contributed by atoms with Crippen LogP contribution in [-0.4, -0.2) is 50.0 Å². The number of rotatable bonds is 9. The summed E-state index contributed by atoms with van der Waals surface area (Å²) in [7, 11) is 2.70. The fourth-order valence-corrected chi connectivity index (χ4v) is 2.56. The van der Waals surface area contributed by atoms with Crippen LogP contribution in [0.25, 0.3) is 0 Å². The quantitative estimate of drug-likeness (QED) is 0.383. The summed E-state index contributed by atoms with van der Waals surface area (Å²) in [6, 6.07) is 8.14. The van der Waals surface area contributed by atoms with Gasteiger partial charge < -0.3 is 19.5 Å². The normalized spacial score (nSPS) is 9.97. The lowest BCUT2D eigenvalue weighted by Gasteiger charge is -2.12. The van der Waals surface area contributed by atoms with Crippen molar-refractivity contribution in [2.45, 2.75) is 6.92 Å². The summed E-state index contributed by atoms with van der Waals surface area (Å²) in [5.41, 5.74) is 4.16. The second-order valence-electron chi connectivity index (χ2n) is 6.13. The molecule has 0 saturated carbocycles. The molecule has 0 fully saturated rings. The molecule has 0 radical (unpaired) electrons. The molecule has 0 spiro atoms. The number of nitrogens with one attached hydrogen (secondary N) is 3. The first-order valence-corrected chi connectivity index (χ1v) is 9.31. The number of hydrogen-bond acceptors (Lipinski definition) is 8. The first-order valence-electron chi connectivity index (χ1n) is 9.31. The summed E-state index contributed by atoms with van der Waals surface area (Å²) < 4.78 is 15.4. The van der Waals surface area contributed by atoms with Gasteiger partial charge in [0.15, 0.2) is 17.2 Å². The topological polar surface area (TPSA) is 158 Å². The average molecular weight is 446 g/mol. The molecule has 2 aromatic rings. The number of hydrazine groups is 1. The summed E-state index contributed by atoms with van der Waals surface area (Å²) in [6.07, 6.45) is 0. The van der Waals surface area contributed by atoms with Crippen LogP contribution in [0.5, 0.6) is 17.2 Å². The number of methoxy groups -OCH3 is 2. The largest absolute Gasteiger partial charge is 0.493 e. The Morgan fingerprint density at radius 2 is 1.53 bits per heavy atom. The average Bonchev–Trinajstić information content (AvgIpc) is 2.80. The third-order valence-electron chi connectivity index (χ3n) is 4.09. The van der Waals surface area contributed by atoms with Crippen molar-refractivity contribution >= 4 is 23.4 Å². The number of hydrogen-bond donors (Lipinski definition) is 3. The zero-order chi connectivity index (χ0) is 23.7. The monoisotopic (exact) mass is 446 g/mol. The van der Waals surface area contributed by atoms with Crippen molar-refractivity contribution < 1.29 is 33.5 Å². The number of carbonyl (C=O) groups is 3. The molecule has 0 aliphatic rings. The first-order chi connectivity index (χ1) is 15.3. The van der Waals surface area contributed by atoms with E-state index in [4.69, 9.17) is 14.2 Å². The highest BCUT2D eigenvalue weighted by atomic mass is 16.6. The van der Waals surface area contributed by atoms with Crippen LogP contribution < -0.4 is 30.4 Å². The van der Waals surface area contributed by atoms with Crippen LogP contribution in [0.2, 0.25) is 0 Å². The number of carbonyl (C=O) groups excluding carboxylic acids is 3. The van der Waals surface area contributed by atoms with E-state index in [-0.39, 0.29) is 22.6 Å². The molecule has 0 unspecified atom stereocenters. The van der Waals surface area contributed by atoms with E-state index in [9.17, 15) is 24.5 Å². The summed E-state index contributed by atoms with van der Waals surface area (Å²) in [5, 5.41) is 13.4. The molecule has 32 heavy (non-hydrogen) atoms. The molecule has 0 aliphatic heterocycles. The van der Waals surface area contributed by atoms with E-state index >= 15 is 0 Å². The van der Waals surface area contributed by atoms with Crippen molar-refractivity contribution in [2.75, 3.05) is 27.4 Å². The molecule has 0 atom stereocenters. The van der Waals surface area contributed by atoms with Crippen molar-refractivity contribution in [1.82, 2.24) is 16.2 Å². The van der Waals surface area contributed by atoms with Gasteiger partial charge in [-0.15, -0.1) is 0 Å². The second-order valence-corrected chi connectivity index (χ2v) is 6.13. The molecule has 12 nitrogen and oxygen atoms in total. The van der Waals surface area contributed by atoms with Crippen LogP contribution in [0.1, 0.15) is 27.6 Å². The Morgan fingerprint density at radius 1 is 0.906 bits per heavy atom. The van der Waals surface area contributed by atoms with E-state index in [2.05, 4.69) is 16.2 Å². The van der Waals surface area contributed by atoms with Gasteiger partial charge in [0.05, 0.1) is 32.3 Å². The van der Waals surface area contributed by atoms with Crippen molar-refractivity contribution in [2.24, 2.45) is 0 Å². The van der Waals surface area contributed by atoms with Gasteiger partial charge in [0, 0.05) is 17.2 Å². The Hall–Kier alpha value is -4.35. The summed E-state index contributed by atoms with van der Waals surface area (Å²) in [4.78, 5) is 46.7. The molecule has 0 aromatic heterocycles. The van der Waals surface area contributed by atoms with E-state index in [0.29, 0.717) is 18.1 Å². The molecule has 0 heterocycles. The predicted octanol–water partition coefficient (Wildman–Crippen LogP) is 1.20. The molecule has 0 aliphatic carbocycles. The molecule has 12 heteroatoms. The number of nitrogens with zero attached hydrogens (tertiary/aromatic N) is 1. The van der Waals surface area contributed by atoms with Crippen LogP contribution in [-0.2, 0) is 4.79 Å². The maximum absolute atomic E-state index is 12.2. The van der Waals surface area contributed by atoms with Crippen LogP contribution in [0, 0.1) is 10.1 Å². The van der Waals surface area contributed by atoms with E-state index in [1.54, 1.807) is 6.07 Å². The molecule has 0 bridgehead atoms. The molecule has 170 valence electrons. The Bertz CT molecular complexity index is 1020. The summed E-state index contributed by atoms with van der Waals surface area (Å²) >= 11 is 0. The van der Waals surface area contributed by atoms with Gasteiger partial charge in [0.1, 0.15) is 0 Å². The Balaban J connectivity index is 1.91. The fraction of sp³-hybridized carbons (Fsp3) is 0.250. The Morgan fingerprint density at radius 3 is 2.12 bits per heavy atom. The van der Waals surface area contributed by atoms with E-state index < -0.39 is 29.2 Å². The van der Waals surface area contributed by atoms with Gasteiger partial charge in [0.2, 0.25) is 0 Å². The zero-order valence-corrected chi connectivity index (χ0v) is 17.6. The van der Waals surface area contributed by atoms with Gasteiger partial charge in [-0.2, -0.15) is 0 Å². The lowest BCUT2D eigenvalue weighted by Crippen LogP contribution is -2.46. The summed E-state index contributed by atoms with van der Waals surface area (Å²) in [6.45, 7) is 1.75. The maximum atomic E-state index is 12.2. The number of benzene rings is 2. The van der Waals surface area contributed by atoms with E-state index in [0.717, 1.165) is 6.07 Å². The van der Waals surface area contributed by atoms with Crippen LogP contribution in [0.3, 0.4) is 0 Å². The fourth-order valence-electron chi connectivity index (χ4n) is 2.56. The molecule has 2 rings (SSSR count). The van der Waals surface area contributed by atoms with Gasteiger partial charge in [0.25, 0.3) is 17.7 Å². The van der Waals surface area contributed by atoms with Crippen molar-refractivity contribution in [3.63, 3.8) is 0 Å². The molecular weight excluding hydrogens is 424 g/mol. The molecule has 3 N–H and O–H groups in total. The summed E-state index contributed by atoms with van der Waals surface area (Å²) in [5.74, 6) is -1.22. The number of nitro benzene ring substituents is 1.